The molecule has 2 aliphatic heterocycles. The molecule has 1 N–H and O–H groups in total. The molecule has 1 fully saturated rings. The molecule has 158 valence electrons. The number of thioether (sulfide) groups is 1. The first kappa shape index (κ1) is 22.3. The number of carbonyl (C=O) groups is 1. The first-order valence-corrected chi connectivity index (χ1v) is 12.1. The third kappa shape index (κ3) is 7.74. The first-order chi connectivity index (χ1) is 14.2. The summed E-state index contributed by atoms with van der Waals surface area (Å²) >= 11 is 7.63. The molecule has 1 aromatic carbocycles. The summed E-state index contributed by atoms with van der Waals surface area (Å²) in [7, 11) is 0. The van der Waals surface area contributed by atoms with Crippen molar-refractivity contribution in [3.05, 3.63) is 29.3 Å². The molecule has 0 radical (unpaired) electrons. The fourth-order valence-electron chi connectivity index (χ4n) is 3.77. The van der Waals surface area contributed by atoms with Crippen molar-refractivity contribution >= 4 is 40.1 Å². The van der Waals surface area contributed by atoms with E-state index in [9.17, 15) is 4.79 Å². The van der Waals surface area contributed by atoms with E-state index in [1.807, 2.05) is 24.3 Å². The van der Waals surface area contributed by atoms with Crippen molar-refractivity contribution in [2.75, 3.05) is 6.54 Å². The zero-order chi connectivity index (χ0) is 20.4. The predicted octanol–water partition coefficient (Wildman–Crippen LogP) is 7.03. The Hall–Kier alpha value is -1.40. The highest BCUT2D eigenvalue weighted by molar-refractivity contribution is 8.15. The lowest BCUT2D eigenvalue weighted by Gasteiger charge is -2.23. The average Bonchev–Trinajstić information content (AvgIpc) is 3.11. The molecule has 3 rings (SSSR count). The fraction of sp³-hybridized carbons (Fsp3) is 0.636. The Kier molecular flexibility index (Phi) is 8.99. The summed E-state index contributed by atoms with van der Waals surface area (Å²) in [6.07, 6.45) is 13.1. The van der Waals surface area contributed by atoms with Gasteiger partial charge in [-0.15, -0.1) is 5.11 Å². The summed E-state index contributed by atoms with van der Waals surface area (Å²) in [5.41, 5.74) is 0.841. The van der Waals surface area contributed by atoms with E-state index >= 15 is 0 Å². The number of halogens is 1. The molecule has 2 aliphatic rings. The quantitative estimate of drug-likeness (QED) is 0.515. The number of benzene rings is 1. The van der Waals surface area contributed by atoms with Crippen LogP contribution in [0.15, 0.2) is 39.5 Å². The third-order valence-corrected chi connectivity index (χ3v) is 6.92. The van der Waals surface area contributed by atoms with E-state index in [1.54, 1.807) is 11.8 Å². The van der Waals surface area contributed by atoms with E-state index in [0.29, 0.717) is 23.2 Å². The van der Waals surface area contributed by atoms with Gasteiger partial charge in [-0.1, -0.05) is 68.3 Å². The van der Waals surface area contributed by atoms with E-state index in [2.05, 4.69) is 20.5 Å². The van der Waals surface area contributed by atoms with Gasteiger partial charge in [0.05, 0.1) is 5.69 Å². The molecule has 0 saturated carbocycles. The van der Waals surface area contributed by atoms with Crippen molar-refractivity contribution < 1.29 is 4.79 Å². The topological polar surface area (TPSA) is 66.2 Å². The van der Waals surface area contributed by atoms with Gasteiger partial charge in [0.2, 0.25) is 11.1 Å². The Morgan fingerprint density at radius 1 is 0.931 bits per heavy atom. The van der Waals surface area contributed by atoms with Gasteiger partial charge in [0.25, 0.3) is 0 Å². The number of hydrogen-bond donors (Lipinski definition) is 1. The van der Waals surface area contributed by atoms with E-state index in [-0.39, 0.29) is 10.8 Å². The molecule has 0 aliphatic carbocycles. The van der Waals surface area contributed by atoms with Gasteiger partial charge < -0.3 is 5.32 Å². The van der Waals surface area contributed by atoms with Gasteiger partial charge in [-0.25, -0.2) is 4.99 Å². The lowest BCUT2D eigenvalue weighted by Crippen LogP contribution is -2.27. The Morgan fingerprint density at radius 3 is 2.34 bits per heavy atom. The van der Waals surface area contributed by atoms with Crippen LogP contribution < -0.4 is 5.32 Å². The summed E-state index contributed by atoms with van der Waals surface area (Å²) in [5, 5.41) is 13.5. The Bertz CT molecular complexity index is 722. The zero-order valence-corrected chi connectivity index (χ0v) is 18.6. The van der Waals surface area contributed by atoms with E-state index in [0.717, 1.165) is 37.8 Å². The van der Waals surface area contributed by atoms with Crippen LogP contribution in [0.2, 0.25) is 5.02 Å². The van der Waals surface area contributed by atoms with Gasteiger partial charge in [-0.3, -0.25) is 4.79 Å². The molecular formula is C22H31ClN4OS. The third-order valence-electron chi connectivity index (χ3n) is 5.44. The van der Waals surface area contributed by atoms with E-state index < -0.39 is 0 Å². The highest BCUT2D eigenvalue weighted by Gasteiger charge is 2.36. The minimum atomic E-state index is -0.243. The number of azo groups is 1. The van der Waals surface area contributed by atoms with E-state index in [1.165, 1.54) is 38.5 Å². The van der Waals surface area contributed by atoms with Crippen LogP contribution >= 0.6 is 23.4 Å². The minimum Gasteiger partial charge on any atom is -0.356 e. The van der Waals surface area contributed by atoms with Crippen molar-refractivity contribution in [2.24, 2.45) is 15.2 Å². The standard InChI is InChI=1S/C22H31ClN4OS/c23-18-11-13-19(14-12-18)25-21-26-27-22(29-21)15-8-6-4-2-1-3-5-7-10-20(28)24-17-9-16-22/h11-14H,1-10,15-17H2,(H,24,28). The largest absolute Gasteiger partial charge is 0.356 e. The normalized spacial score (nSPS) is 26.7. The fourth-order valence-corrected chi connectivity index (χ4v) is 5.04. The number of amides is 1. The molecule has 1 aromatic rings. The van der Waals surface area contributed by atoms with Crippen molar-refractivity contribution in [3.8, 4) is 0 Å². The minimum absolute atomic E-state index is 0.178. The monoisotopic (exact) mass is 434 g/mol. The van der Waals surface area contributed by atoms with E-state index in [4.69, 9.17) is 11.6 Å². The summed E-state index contributed by atoms with van der Waals surface area (Å²) in [5.74, 6) is 0.178. The second-order valence-corrected chi connectivity index (χ2v) is 9.67. The molecule has 1 saturated heterocycles. The molecule has 0 bridgehead atoms. The lowest BCUT2D eigenvalue weighted by molar-refractivity contribution is -0.121. The van der Waals surface area contributed by atoms with Gasteiger partial charge in [-0.05, 0) is 49.9 Å². The van der Waals surface area contributed by atoms with Crippen molar-refractivity contribution in [1.82, 2.24) is 5.32 Å². The summed E-state index contributed by atoms with van der Waals surface area (Å²) < 4.78 is 0. The van der Waals surface area contributed by atoms with Crippen LogP contribution in [0.1, 0.15) is 77.0 Å². The number of aliphatic imine (C=N–C) groups is 1. The second-order valence-electron chi connectivity index (χ2n) is 7.90. The molecule has 7 heteroatoms. The summed E-state index contributed by atoms with van der Waals surface area (Å²) in [6.45, 7) is 0.709. The van der Waals surface area contributed by atoms with Crippen LogP contribution in [0.25, 0.3) is 0 Å². The van der Waals surface area contributed by atoms with Gasteiger partial charge >= 0.3 is 0 Å². The highest BCUT2D eigenvalue weighted by Crippen LogP contribution is 2.43. The number of rotatable bonds is 1. The SMILES string of the molecule is O=C1CCCCCCCCCCC2(CCCN1)N=NC(=Nc1ccc(Cl)cc1)S2. The Balaban J connectivity index is 1.60. The molecule has 2 heterocycles. The lowest BCUT2D eigenvalue weighted by atomic mass is 10.0. The molecular weight excluding hydrogens is 404 g/mol. The summed E-state index contributed by atoms with van der Waals surface area (Å²) in [4.78, 5) is 16.4. The number of nitrogens with one attached hydrogen (secondary N) is 1. The predicted molar refractivity (Wildman–Crippen MR) is 122 cm³/mol. The number of carbonyl (C=O) groups excluding carboxylic acids is 1. The molecule has 1 amide bonds. The van der Waals surface area contributed by atoms with Crippen LogP contribution in [0.4, 0.5) is 5.69 Å². The van der Waals surface area contributed by atoms with Gasteiger partial charge in [0, 0.05) is 18.0 Å². The molecule has 1 atom stereocenters. The Labute approximate surface area is 183 Å². The molecule has 1 spiro atoms. The number of hydrogen-bond acceptors (Lipinski definition) is 4. The van der Waals surface area contributed by atoms with Gasteiger partial charge in [0.15, 0.2) is 0 Å². The number of nitrogens with zero attached hydrogens (tertiary/aromatic N) is 3. The first-order valence-electron chi connectivity index (χ1n) is 10.9. The smallest absolute Gasteiger partial charge is 0.219 e. The Morgan fingerprint density at radius 2 is 1.59 bits per heavy atom. The highest BCUT2D eigenvalue weighted by atomic mass is 35.5. The average molecular weight is 435 g/mol. The molecule has 1 unspecified atom stereocenters. The summed E-state index contributed by atoms with van der Waals surface area (Å²) in [6, 6.07) is 7.46. The molecule has 5 nitrogen and oxygen atoms in total. The number of amidine groups is 1. The van der Waals surface area contributed by atoms with Crippen LogP contribution in [0.3, 0.4) is 0 Å². The molecule has 0 aromatic heterocycles. The van der Waals surface area contributed by atoms with Gasteiger partial charge in [-0.2, -0.15) is 5.11 Å². The maximum absolute atomic E-state index is 12.0. The van der Waals surface area contributed by atoms with Crippen LogP contribution in [-0.4, -0.2) is 22.5 Å². The van der Waals surface area contributed by atoms with Crippen molar-refractivity contribution in [3.63, 3.8) is 0 Å². The van der Waals surface area contributed by atoms with Crippen LogP contribution in [-0.2, 0) is 4.79 Å². The van der Waals surface area contributed by atoms with Crippen LogP contribution in [0.5, 0.6) is 0 Å². The zero-order valence-electron chi connectivity index (χ0n) is 17.0. The van der Waals surface area contributed by atoms with Crippen LogP contribution in [0, 0.1) is 0 Å². The second kappa shape index (κ2) is 11.7. The van der Waals surface area contributed by atoms with Gasteiger partial charge in [0.1, 0.15) is 4.87 Å². The molecule has 29 heavy (non-hydrogen) atoms. The maximum atomic E-state index is 12.0. The van der Waals surface area contributed by atoms with Crippen molar-refractivity contribution in [2.45, 2.75) is 81.9 Å². The maximum Gasteiger partial charge on any atom is 0.219 e. The van der Waals surface area contributed by atoms with Crippen molar-refractivity contribution in [1.29, 1.82) is 0 Å².